The molecule has 0 aliphatic rings. The van der Waals surface area contributed by atoms with E-state index in [4.69, 9.17) is 42.8 Å². The van der Waals surface area contributed by atoms with Crippen molar-refractivity contribution in [1.29, 1.82) is 0 Å². The SMILES string of the molecule is CC(C)(C)S(=O)NC(c1ccncc1)c1ccc(F)c(N)c1.CC(C)(C)[S@@](=O)N=Cc1ccncc1.CC(C)(C)[S@@](=O)NC(c1ccncc1)c1ccc(F)c(N)c1.CC(C)(C)[S@@](=O)NC(c1ccncc1)c1ccc(F)c(N)c1.CC(C)(C)[S@](N)=O.CC(C)O.CC(C)O.CC(C)O.CC(C)O.CN(c1c[c-]ccc1F)[Si](C)(C)C.Cl.O=Cc1ccncc1.[Br-].[Mg+2].[Ti]. The molecule has 5 heterocycles. The zero-order chi connectivity index (χ0) is 95.9. The van der Waals surface area contributed by atoms with Gasteiger partial charge in [0, 0.05) is 126 Å². The summed E-state index contributed by atoms with van der Waals surface area (Å²) in [5.74, 6) is -1.55. The average molecular weight is 2030 g/mol. The summed E-state index contributed by atoms with van der Waals surface area (Å²) in [4.78, 5) is 29.6. The van der Waals surface area contributed by atoms with Crippen LogP contribution in [0.5, 0.6) is 0 Å². The third kappa shape index (κ3) is 60.8. The second-order valence-corrected chi connectivity index (χ2v) is 48.9. The second-order valence-electron chi connectivity index (χ2n) is 34.1. The van der Waals surface area contributed by atoms with Crippen LogP contribution in [0.25, 0.3) is 0 Å². The van der Waals surface area contributed by atoms with E-state index in [0.717, 1.165) is 45.2 Å². The van der Waals surface area contributed by atoms with Crippen molar-refractivity contribution in [3.8, 4) is 0 Å². The van der Waals surface area contributed by atoms with E-state index in [9.17, 15) is 43.4 Å². The van der Waals surface area contributed by atoms with Gasteiger partial charge >= 0.3 is 23.1 Å². The molecule has 0 aliphatic heterocycles. The molecule has 0 saturated heterocycles. The predicted molar refractivity (Wildman–Crippen MR) is 525 cm³/mol. The van der Waals surface area contributed by atoms with Crippen molar-refractivity contribution >= 4 is 134 Å². The number of pyridine rings is 5. The molecule has 4 aromatic carbocycles. The van der Waals surface area contributed by atoms with E-state index < -0.39 is 94.9 Å². The molecule has 5 aromatic heterocycles. The fourth-order valence-electron chi connectivity index (χ4n) is 7.91. The molecule has 38 heteroatoms. The Morgan fingerprint density at radius 2 is 0.672 bits per heavy atom. The zero-order valence-corrected chi connectivity index (χ0v) is 89.4. The molecule has 0 saturated carbocycles. The number of benzene rings is 4. The van der Waals surface area contributed by atoms with Crippen molar-refractivity contribution in [3.63, 3.8) is 0 Å². The van der Waals surface area contributed by atoms with Gasteiger partial charge in [0.15, 0.2) is 0 Å². The molecule has 0 bridgehead atoms. The number of carbonyl (C=O) groups is 1. The minimum Gasteiger partial charge on any atom is -1.00 e. The van der Waals surface area contributed by atoms with Crippen LogP contribution in [0.4, 0.5) is 40.3 Å². The molecular formula is C90H138BrClF4MgN14O10S5SiTi. The molecule has 0 aliphatic carbocycles. The largest absolute Gasteiger partial charge is 2.00 e. The van der Waals surface area contributed by atoms with Crippen molar-refractivity contribution in [1.82, 2.24) is 39.1 Å². The number of hydrogen-bond donors (Lipinski definition) is 11. The summed E-state index contributed by atoms with van der Waals surface area (Å²) >= 11 is 0. The Balaban J connectivity index is -0.000000335. The van der Waals surface area contributed by atoms with E-state index in [-0.39, 0.29) is 149 Å². The van der Waals surface area contributed by atoms with Gasteiger partial charge < -0.3 is 59.2 Å². The summed E-state index contributed by atoms with van der Waals surface area (Å²) in [6, 6.07) is 38.1. The Hall–Kier alpha value is -6.21. The summed E-state index contributed by atoms with van der Waals surface area (Å²) in [6.07, 6.45) is 18.3. The minimum atomic E-state index is -1.46. The van der Waals surface area contributed by atoms with Crippen molar-refractivity contribution in [3.05, 3.63) is 269 Å². The monoisotopic (exact) mass is 2020 g/mol. The molecule has 0 amide bonds. The van der Waals surface area contributed by atoms with Crippen molar-refractivity contribution in [2.75, 3.05) is 28.8 Å². The van der Waals surface area contributed by atoms with Gasteiger partial charge in [-0.25, -0.2) is 52.8 Å². The number of aromatic nitrogens is 5. The summed E-state index contributed by atoms with van der Waals surface area (Å²) in [5, 5.41) is 37.3. The Morgan fingerprint density at radius 3 is 0.867 bits per heavy atom. The molecule has 0 spiro atoms. The minimum absolute atomic E-state index is 0. The molecule has 24 nitrogen and oxygen atoms in total. The third-order valence-corrected chi connectivity index (χ3v) is 24.1. The Kier molecular flexibility index (Phi) is 69.4. The van der Waals surface area contributed by atoms with Gasteiger partial charge in [-0.15, -0.1) is 18.5 Å². The van der Waals surface area contributed by atoms with Gasteiger partial charge in [0.1, 0.15) is 43.0 Å². The Labute approximate surface area is 821 Å². The second kappa shape index (κ2) is 67.0. The molecule has 0 radical (unpaired) electrons. The zero-order valence-electron chi connectivity index (χ0n) is 78.9. The van der Waals surface area contributed by atoms with E-state index >= 15 is 0 Å². The van der Waals surface area contributed by atoms with Gasteiger partial charge in [0.2, 0.25) is 0 Å². The van der Waals surface area contributed by atoms with Crippen LogP contribution < -0.4 is 58.1 Å². The number of nitrogen functional groups attached to an aromatic ring is 3. The van der Waals surface area contributed by atoms with E-state index in [1.54, 1.807) is 184 Å². The number of aliphatic hydroxyl groups is 4. The predicted octanol–water partition coefficient (Wildman–Crippen LogP) is 13.6. The van der Waals surface area contributed by atoms with Crippen LogP contribution in [0.15, 0.2) is 200 Å². The maximum absolute atomic E-state index is 13.4. The first kappa shape index (κ1) is 133. The molecule has 4 unspecified atom stereocenters. The maximum atomic E-state index is 13.4. The Morgan fingerprint density at radius 1 is 0.430 bits per heavy atom. The molecule has 8 atom stereocenters. The fourth-order valence-corrected chi connectivity index (χ4v) is 11.9. The van der Waals surface area contributed by atoms with Gasteiger partial charge in [0.25, 0.3) is 0 Å². The maximum Gasteiger partial charge on any atom is 2.00 e. The fraction of sp³-hybridized carbons (Fsp3) is 0.433. The van der Waals surface area contributed by atoms with E-state index in [0.29, 0.717) is 11.3 Å². The average Bonchev–Trinajstić information content (AvgIpc) is 0.824. The number of anilines is 4. The standard InChI is InChI=1S/3C16H20FN3OS.C10H15FNSi.C10H14N2OS.C6H5NO.C4H11NOS.4C3H8O.BrH.ClH.Mg.Ti/c3*1-16(2,3)22(21)20-15(11-6-8-19-9-7-11)12-4-5-13(17)14(18)10-12;1-12(13(2,3)4)10-8-6-5-7-9(10)11;1-10(2,3)14(13)12-8-9-4-6-11-7-5-9;8-5-6-1-3-7-4-2-6;1-4(2,3)7(5)6;4*1-3(2)4;;;;/h3*4-10,15,20H,18H2,1-3H3;5,7-8H,1-4H3;4-8H,1-3H3;1-5H;5H2,1-3H3;4*3-4H,1-2H3;2*1H;;/q;;;-1;;;;;;;;;;+2;/p-1/t2*15?,22-;;;14-;;7-;;;;;;;;/m11..1.1......../s1. The molecule has 710 valence electrons. The van der Waals surface area contributed by atoms with Gasteiger partial charge in [-0.3, -0.25) is 34.9 Å². The molecule has 0 fully saturated rings. The first-order valence-electron chi connectivity index (χ1n) is 39.5. The number of carbonyl (C=O) groups excluding carboxylic acids is 1. The number of aldehydes is 1. The van der Waals surface area contributed by atoms with Gasteiger partial charge in [-0.2, -0.15) is 22.6 Å². The summed E-state index contributed by atoms with van der Waals surface area (Å²) in [5.41, 5.74) is 24.4. The van der Waals surface area contributed by atoms with Gasteiger partial charge in [-0.1, -0.05) is 37.8 Å². The van der Waals surface area contributed by atoms with Crippen LogP contribution in [-0.2, 0) is 76.6 Å². The number of nitrogens with zero attached hydrogens (tertiary/aromatic N) is 7. The van der Waals surface area contributed by atoms with Crippen LogP contribution in [-0.4, -0.2) is 165 Å². The normalized spacial score (nSPS) is 12.8. The van der Waals surface area contributed by atoms with Gasteiger partial charge in [-0.05, 0) is 308 Å². The summed E-state index contributed by atoms with van der Waals surface area (Å²) in [7, 11) is -5.74. The van der Waals surface area contributed by atoms with Crippen LogP contribution >= 0.6 is 12.4 Å². The number of halogens is 6. The number of nitrogens with one attached hydrogen (secondary N) is 3. The quantitative estimate of drug-likeness (QED) is 0.0101. The summed E-state index contributed by atoms with van der Waals surface area (Å²) < 4.78 is 126. The van der Waals surface area contributed by atoms with Crippen molar-refractivity contribution < 1.29 is 103 Å². The van der Waals surface area contributed by atoms with Crippen LogP contribution in [0.1, 0.15) is 227 Å². The molecular weight excluding hydrogens is 1890 g/mol. The molecule has 9 rings (SSSR count). The van der Waals surface area contributed by atoms with Crippen LogP contribution in [0.2, 0.25) is 19.6 Å². The van der Waals surface area contributed by atoms with E-state index in [2.05, 4.69) is 69.2 Å². The number of nitrogens with two attached hydrogens (primary N) is 4. The number of rotatable bonds is 17. The first-order chi connectivity index (χ1) is 57.1. The van der Waals surface area contributed by atoms with Gasteiger partial charge in [0.05, 0.1) is 103 Å². The van der Waals surface area contributed by atoms with Crippen LogP contribution in [0.3, 0.4) is 0 Å². The van der Waals surface area contributed by atoms with E-state index in [1.807, 2.05) is 164 Å². The summed E-state index contributed by atoms with van der Waals surface area (Å²) in [6.45, 7) is 48.5. The van der Waals surface area contributed by atoms with E-state index in [1.165, 1.54) is 24.3 Å². The smallest absolute Gasteiger partial charge is 1.00 e. The third-order valence-electron chi connectivity index (χ3n) is 14.7. The van der Waals surface area contributed by atoms with Crippen molar-refractivity contribution in [2.24, 2.45) is 9.54 Å². The van der Waals surface area contributed by atoms with Crippen molar-refractivity contribution in [2.45, 2.75) is 245 Å². The molecule has 128 heavy (non-hydrogen) atoms. The topological polar surface area (TPSA) is 404 Å². The first-order valence-corrected chi connectivity index (χ1v) is 48.7. The number of aliphatic hydroxyl groups excluding tert-OH is 4. The number of hydrogen-bond acceptors (Lipinski definition) is 19. The molecule has 15 N–H and O–H groups in total. The Bertz CT molecular complexity index is 4340. The van der Waals surface area contributed by atoms with Crippen LogP contribution in [0, 0.1) is 29.3 Å². The molecule has 9 aromatic rings.